The van der Waals surface area contributed by atoms with Gasteiger partial charge in [-0.05, 0) is 43.4 Å². The summed E-state index contributed by atoms with van der Waals surface area (Å²) in [6, 6.07) is 8.07. The van der Waals surface area contributed by atoms with E-state index in [4.69, 9.17) is 14.8 Å². The van der Waals surface area contributed by atoms with Gasteiger partial charge in [0.25, 0.3) is 0 Å². The first kappa shape index (κ1) is 17.1. The first-order valence-corrected chi connectivity index (χ1v) is 9.57. The smallest absolute Gasteiger partial charge is 0.222 e. The summed E-state index contributed by atoms with van der Waals surface area (Å²) in [5.41, 5.74) is 1.17. The minimum absolute atomic E-state index is 0.278. The molecule has 0 unspecified atom stereocenters. The van der Waals surface area contributed by atoms with Gasteiger partial charge < -0.3 is 9.64 Å². The molecule has 0 spiro atoms. The van der Waals surface area contributed by atoms with E-state index < -0.39 is 0 Å². The van der Waals surface area contributed by atoms with Crippen molar-refractivity contribution in [2.75, 3.05) is 20.2 Å². The molecule has 6 nitrogen and oxygen atoms in total. The number of ether oxygens (including phenoxy) is 1. The number of carbonyl (C=O) groups excluding carboxylic acids is 1. The van der Waals surface area contributed by atoms with Crippen LogP contribution in [0.1, 0.15) is 55.2 Å². The molecule has 6 heteroatoms. The summed E-state index contributed by atoms with van der Waals surface area (Å²) in [6.45, 7) is 2.32. The molecule has 0 radical (unpaired) electrons. The quantitative estimate of drug-likeness (QED) is 0.767. The van der Waals surface area contributed by atoms with E-state index in [0.29, 0.717) is 18.9 Å². The molecule has 1 aliphatic heterocycles. The van der Waals surface area contributed by atoms with E-state index in [2.05, 4.69) is 12.1 Å². The number of carbonyl (C=O) groups is 1. The van der Waals surface area contributed by atoms with Gasteiger partial charge in [0, 0.05) is 31.8 Å². The van der Waals surface area contributed by atoms with E-state index in [0.717, 1.165) is 49.8 Å². The Morgan fingerprint density at radius 3 is 2.69 bits per heavy atom. The lowest BCUT2D eigenvalue weighted by atomic mass is 10.1. The minimum atomic E-state index is 0.278. The molecule has 2 aromatic rings. The number of hydrogen-bond donors (Lipinski definition) is 0. The molecule has 2 aliphatic rings. The average molecular weight is 354 g/mol. The second-order valence-corrected chi connectivity index (χ2v) is 7.25. The normalized spacial score (nSPS) is 17.6. The third-order valence-electron chi connectivity index (χ3n) is 5.23. The van der Waals surface area contributed by atoms with Crippen molar-refractivity contribution in [1.82, 2.24) is 19.7 Å². The van der Waals surface area contributed by atoms with E-state index >= 15 is 0 Å². The Balaban J connectivity index is 1.48. The molecule has 26 heavy (non-hydrogen) atoms. The Hall–Kier alpha value is -2.37. The van der Waals surface area contributed by atoms with Gasteiger partial charge in [-0.2, -0.15) is 5.10 Å². The van der Waals surface area contributed by atoms with Gasteiger partial charge in [0.1, 0.15) is 11.6 Å². The fourth-order valence-corrected chi connectivity index (χ4v) is 3.46. The van der Waals surface area contributed by atoms with Crippen LogP contribution < -0.4 is 4.74 Å². The minimum Gasteiger partial charge on any atom is -0.497 e. The van der Waals surface area contributed by atoms with Gasteiger partial charge in [-0.3, -0.25) is 4.79 Å². The highest BCUT2D eigenvalue weighted by molar-refractivity contribution is 5.76. The number of rotatable bonds is 7. The molecule has 138 valence electrons. The van der Waals surface area contributed by atoms with Crippen LogP contribution >= 0.6 is 0 Å². The fraction of sp³-hybridized carbons (Fsp3) is 0.550. The molecule has 2 fully saturated rings. The molecule has 0 atom stereocenters. The van der Waals surface area contributed by atoms with Crippen LogP contribution in [0.4, 0.5) is 0 Å². The summed E-state index contributed by atoms with van der Waals surface area (Å²) < 4.78 is 7.25. The third kappa shape index (κ3) is 3.89. The zero-order valence-corrected chi connectivity index (χ0v) is 15.4. The number of aromatic nitrogens is 3. The van der Waals surface area contributed by atoms with Crippen LogP contribution in [0.3, 0.4) is 0 Å². The van der Waals surface area contributed by atoms with E-state index in [1.807, 2.05) is 21.7 Å². The first-order chi connectivity index (χ1) is 12.7. The van der Waals surface area contributed by atoms with Crippen LogP contribution in [0.15, 0.2) is 24.3 Å². The Morgan fingerprint density at radius 2 is 2.00 bits per heavy atom. The Morgan fingerprint density at radius 1 is 1.19 bits per heavy atom. The molecule has 1 saturated heterocycles. The Bertz CT molecular complexity index is 765. The third-order valence-corrected chi connectivity index (χ3v) is 5.23. The lowest BCUT2D eigenvalue weighted by Gasteiger charge is -2.26. The molecule has 0 bridgehead atoms. The number of hydrogen-bond acceptors (Lipinski definition) is 4. The molecule has 4 rings (SSSR count). The molecular formula is C20H26N4O2. The van der Waals surface area contributed by atoms with Gasteiger partial charge in [0.05, 0.1) is 13.7 Å². The summed E-state index contributed by atoms with van der Waals surface area (Å²) in [7, 11) is 1.67. The lowest BCUT2D eigenvalue weighted by molar-refractivity contribution is -0.133. The monoisotopic (exact) mass is 354 g/mol. The molecular weight excluding hydrogens is 328 g/mol. The first-order valence-electron chi connectivity index (χ1n) is 9.57. The van der Waals surface area contributed by atoms with E-state index in [-0.39, 0.29) is 5.91 Å². The number of amides is 1. The summed E-state index contributed by atoms with van der Waals surface area (Å²) in [6.07, 6.45) is 5.97. The van der Waals surface area contributed by atoms with Crippen molar-refractivity contribution in [1.29, 1.82) is 0 Å². The fourth-order valence-electron chi connectivity index (χ4n) is 3.46. The predicted molar refractivity (Wildman–Crippen MR) is 98.2 cm³/mol. The van der Waals surface area contributed by atoms with Crippen molar-refractivity contribution in [2.45, 2.75) is 51.0 Å². The van der Waals surface area contributed by atoms with Crippen molar-refractivity contribution < 1.29 is 9.53 Å². The van der Waals surface area contributed by atoms with E-state index in [9.17, 15) is 4.79 Å². The van der Waals surface area contributed by atoms with Gasteiger partial charge in [0.15, 0.2) is 5.82 Å². The highest BCUT2D eigenvalue weighted by Crippen LogP contribution is 2.38. The number of nitrogens with zero attached hydrogens (tertiary/aromatic N) is 4. The molecule has 1 aliphatic carbocycles. The van der Waals surface area contributed by atoms with Crippen molar-refractivity contribution >= 4 is 5.91 Å². The van der Waals surface area contributed by atoms with Gasteiger partial charge in [-0.15, -0.1) is 0 Å². The standard InChI is InChI=1S/C20H26N4O2/c1-26-17-9-5-15(6-10-17)14-24-18(21-20(22-24)16-7-8-16)11-13-23-12-3-2-4-19(23)25/h5-6,9-10,16H,2-4,7-8,11-14H2,1H3. The largest absolute Gasteiger partial charge is 0.497 e. The van der Waals surface area contributed by atoms with Crippen molar-refractivity contribution in [3.05, 3.63) is 41.5 Å². The molecule has 1 aromatic carbocycles. The number of piperidine rings is 1. The Labute approximate surface area is 154 Å². The second-order valence-electron chi connectivity index (χ2n) is 7.25. The van der Waals surface area contributed by atoms with Gasteiger partial charge >= 0.3 is 0 Å². The number of likely N-dealkylation sites (tertiary alicyclic amines) is 1. The predicted octanol–water partition coefficient (Wildman–Crippen LogP) is 2.77. The van der Waals surface area contributed by atoms with Gasteiger partial charge in [-0.1, -0.05) is 12.1 Å². The molecule has 1 saturated carbocycles. The molecule has 1 amide bonds. The van der Waals surface area contributed by atoms with Crippen molar-refractivity contribution in [3.8, 4) is 5.75 Å². The maximum atomic E-state index is 12.0. The van der Waals surface area contributed by atoms with Crippen LogP contribution in [-0.4, -0.2) is 45.8 Å². The summed E-state index contributed by atoms with van der Waals surface area (Å²) in [5.74, 6) is 3.62. The van der Waals surface area contributed by atoms with Crippen molar-refractivity contribution in [3.63, 3.8) is 0 Å². The molecule has 0 N–H and O–H groups in total. The zero-order valence-electron chi connectivity index (χ0n) is 15.4. The molecule has 2 heterocycles. The Kier molecular flexibility index (Phi) is 4.91. The van der Waals surface area contributed by atoms with Crippen LogP contribution in [0, 0.1) is 0 Å². The van der Waals surface area contributed by atoms with E-state index in [1.165, 1.54) is 18.4 Å². The highest BCUT2D eigenvalue weighted by atomic mass is 16.5. The topological polar surface area (TPSA) is 60.2 Å². The maximum Gasteiger partial charge on any atom is 0.222 e. The SMILES string of the molecule is COc1ccc(Cn2nc(C3CC3)nc2CCN2CCCCC2=O)cc1. The summed E-state index contributed by atoms with van der Waals surface area (Å²) >= 11 is 0. The van der Waals surface area contributed by atoms with Crippen molar-refractivity contribution in [2.24, 2.45) is 0 Å². The average Bonchev–Trinajstić information content (AvgIpc) is 3.44. The second kappa shape index (κ2) is 7.48. The number of benzene rings is 1. The van der Waals surface area contributed by atoms with Crippen LogP contribution in [0.5, 0.6) is 5.75 Å². The van der Waals surface area contributed by atoms with Crippen LogP contribution in [0.2, 0.25) is 0 Å². The lowest BCUT2D eigenvalue weighted by Crippen LogP contribution is -2.37. The number of methoxy groups -OCH3 is 1. The van der Waals surface area contributed by atoms with E-state index in [1.54, 1.807) is 7.11 Å². The van der Waals surface area contributed by atoms with Gasteiger partial charge in [0.2, 0.25) is 5.91 Å². The maximum absolute atomic E-state index is 12.0. The molecule has 1 aromatic heterocycles. The zero-order chi connectivity index (χ0) is 17.9. The van der Waals surface area contributed by atoms with Crippen LogP contribution in [-0.2, 0) is 17.8 Å². The van der Waals surface area contributed by atoms with Crippen LogP contribution in [0.25, 0.3) is 0 Å². The highest BCUT2D eigenvalue weighted by Gasteiger charge is 2.29. The summed E-state index contributed by atoms with van der Waals surface area (Å²) in [4.78, 5) is 18.8. The van der Waals surface area contributed by atoms with Gasteiger partial charge in [-0.25, -0.2) is 9.67 Å². The summed E-state index contributed by atoms with van der Waals surface area (Å²) in [5, 5.41) is 4.76.